The van der Waals surface area contributed by atoms with Crippen LogP contribution in [0.4, 0.5) is 5.13 Å². The molecule has 0 atom stereocenters. The van der Waals surface area contributed by atoms with E-state index in [-0.39, 0.29) is 0 Å². The van der Waals surface area contributed by atoms with Crippen molar-refractivity contribution in [2.75, 3.05) is 31.2 Å². The topological polar surface area (TPSA) is 62.7 Å². The molecule has 1 fully saturated rings. The number of hydrogen-bond donors (Lipinski definition) is 1. The van der Waals surface area contributed by atoms with Crippen LogP contribution in [0.1, 0.15) is 20.2 Å². The number of anilines is 1. The lowest BCUT2D eigenvalue weighted by molar-refractivity contribution is 0.0701. The predicted molar refractivity (Wildman–Crippen MR) is 104 cm³/mol. The van der Waals surface area contributed by atoms with Gasteiger partial charge in [-0.2, -0.15) is 0 Å². The van der Waals surface area contributed by atoms with E-state index in [4.69, 9.17) is 4.74 Å². The quantitative estimate of drug-likeness (QED) is 0.659. The maximum absolute atomic E-state index is 11.6. The lowest BCUT2D eigenvalue weighted by Crippen LogP contribution is -2.36. The molecule has 25 heavy (non-hydrogen) atoms. The van der Waals surface area contributed by atoms with Crippen molar-refractivity contribution in [2.24, 2.45) is 0 Å². The first kappa shape index (κ1) is 17.0. The van der Waals surface area contributed by atoms with Crippen LogP contribution in [0, 0.1) is 0 Å². The van der Waals surface area contributed by atoms with Gasteiger partial charge >= 0.3 is 5.97 Å². The van der Waals surface area contributed by atoms with Crippen molar-refractivity contribution in [1.29, 1.82) is 0 Å². The molecule has 2 aromatic heterocycles. The first-order valence-corrected chi connectivity index (χ1v) is 10.3. The van der Waals surface area contributed by atoms with Crippen LogP contribution in [0.5, 0.6) is 0 Å². The van der Waals surface area contributed by atoms with Crippen molar-refractivity contribution in [2.45, 2.75) is 6.42 Å². The molecule has 5 nitrogen and oxygen atoms in total. The molecule has 4 rings (SSSR count). The third-order valence-corrected chi connectivity index (χ3v) is 6.79. The summed E-state index contributed by atoms with van der Waals surface area (Å²) in [5.41, 5.74) is 0.643. The first-order valence-electron chi connectivity index (χ1n) is 7.84. The fraction of sp³-hybridized carbons (Fsp3) is 0.294. The molecule has 0 bridgehead atoms. The number of thiazole rings is 1. The van der Waals surface area contributed by atoms with Gasteiger partial charge in [-0.1, -0.05) is 27.3 Å². The zero-order chi connectivity index (χ0) is 17.4. The molecule has 1 saturated heterocycles. The zero-order valence-corrected chi connectivity index (χ0v) is 16.4. The lowest BCUT2D eigenvalue weighted by Gasteiger charge is -2.26. The first-order chi connectivity index (χ1) is 12.1. The Morgan fingerprint density at radius 2 is 2.08 bits per heavy atom. The Morgan fingerprint density at radius 1 is 1.28 bits per heavy atom. The van der Waals surface area contributed by atoms with Gasteiger partial charge in [0.2, 0.25) is 0 Å². The number of aromatic nitrogens is 1. The van der Waals surface area contributed by atoms with E-state index >= 15 is 0 Å². The fourth-order valence-electron chi connectivity index (χ4n) is 2.84. The van der Waals surface area contributed by atoms with Gasteiger partial charge in [0.25, 0.3) is 0 Å². The smallest absolute Gasteiger partial charge is 0.347 e. The standard InChI is InChI=1S/C17H15BrN2O3S2/c18-11-1-2-14-10(7-11)8-12(24-14)9-13-15(16(21)22)25-17(19-13)20-3-5-23-6-4-20/h1-2,7-8H,3-6,9H2,(H,21,22). The van der Waals surface area contributed by atoms with Crippen LogP contribution in [0.3, 0.4) is 0 Å². The Labute approximate surface area is 161 Å². The summed E-state index contributed by atoms with van der Waals surface area (Å²) in [5, 5.41) is 11.5. The number of carboxylic acid groups (broad SMARTS) is 1. The van der Waals surface area contributed by atoms with Gasteiger partial charge in [0.05, 0.1) is 18.9 Å². The number of halogens is 1. The molecule has 0 saturated carbocycles. The summed E-state index contributed by atoms with van der Waals surface area (Å²) < 4.78 is 7.60. The van der Waals surface area contributed by atoms with Gasteiger partial charge in [0, 0.05) is 33.6 Å². The van der Waals surface area contributed by atoms with Crippen molar-refractivity contribution in [3.05, 3.63) is 44.2 Å². The highest BCUT2D eigenvalue weighted by Crippen LogP contribution is 2.33. The van der Waals surface area contributed by atoms with E-state index in [1.54, 1.807) is 11.3 Å². The zero-order valence-electron chi connectivity index (χ0n) is 13.2. The number of ether oxygens (including phenoxy) is 1. The molecule has 0 aliphatic carbocycles. The van der Waals surface area contributed by atoms with Gasteiger partial charge in [-0.15, -0.1) is 11.3 Å². The van der Waals surface area contributed by atoms with Gasteiger partial charge < -0.3 is 14.7 Å². The van der Waals surface area contributed by atoms with Crippen LogP contribution >= 0.6 is 38.6 Å². The fourth-order valence-corrected chi connectivity index (χ4v) is 5.24. The normalized spacial score (nSPS) is 15.0. The molecule has 3 heterocycles. The largest absolute Gasteiger partial charge is 0.477 e. The number of aromatic carboxylic acids is 1. The highest BCUT2D eigenvalue weighted by Gasteiger charge is 2.22. The summed E-state index contributed by atoms with van der Waals surface area (Å²) in [4.78, 5) is 19.8. The van der Waals surface area contributed by atoms with Crippen LogP contribution in [-0.2, 0) is 11.2 Å². The number of carboxylic acids is 1. The van der Waals surface area contributed by atoms with E-state index in [1.807, 2.05) is 6.07 Å². The molecule has 0 unspecified atom stereocenters. The van der Waals surface area contributed by atoms with E-state index < -0.39 is 5.97 Å². The summed E-state index contributed by atoms with van der Waals surface area (Å²) in [6.07, 6.45) is 0.541. The predicted octanol–water partition coefficient (Wildman–Crippen LogP) is 4.25. The maximum Gasteiger partial charge on any atom is 0.347 e. The van der Waals surface area contributed by atoms with Gasteiger partial charge in [-0.05, 0) is 29.7 Å². The molecule has 1 aliphatic rings. The summed E-state index contributed by atoms with van der Waals surface area (Å²) in [6, 6.07) is 8.29. The van der Waals surface area contributed by atoms with E-state index in [9.17, 15) is 9.90 Å². The number of nitrogens with zero attached hydrogens (tertiary/aromatic N) is 2. The maximum atomic E-state index is 11.6. The Hall–Kier alpha value is -1.48. The average Bonchev–Trinajstić information content (AvgIpc) is 3.19. The van der Waals surface area contributed by atoms with E-state index in [2.05, 4.69) is 44.0 Å². The van der Waals surface area contributed by atoms with Crippen LogP contribution in [0.15, 0.2) is 28.7 Å². The number of benzene rings is 1. The van der Waals surface area contributed by atoms with Crippen LogP contribution in [0.2, 0.25) is 0 Å². The Kier molecular flexibility index (Phi) is 4.77. The molecular formula is C17H15BrN2O3S2. The second-order valence-corrected chi connectivity index (χ2v) is 8.81. The van der Waals surface area contributed by atoms with E-state index in [1.165, 1.54) is 16.0 Å². The molecule has 8 heteroatoms. The van der Waals surface area contributed by atoms with Crippen molar-refractivity contribution < 1.29 is 14.6 Å². The molecule has 3 aromatic rings. The average molecular weight is 439 g/mol. The third kappa shape index (κ3) is 3.57. The van der Waals surface area contributed by atoms with Crippen molar-refractivity contribution in [3.63, 3.8) is 0 Å². The SMILES string of the molecule is O=C(O)c1sc(N2CCOCC2)nc1Cc1cc2cc(Br)ccc2s1. The second-order valence-electron chi connectivity index (χ2n) is 5.75. The molecule has 0 radical (unpaired) electrons. The summed E-state index contributed by atoms with van der Waals surface area (Å²) in [7, 11) is 0. The minimum absolute atomic E-state index is 0.333. The van der Waals surface area contributed by atoms with Gasteiger partial charge in [0.1, 0.15) is 4.88 Å². The number of rotatable bonds is 4. The van der Waals surface area contributed by atoms with E-state index in [0.717, 1.165) is 33.0 Å². The Morgan fingerprint density at radius 3 is 2.84 bits per heavy atom. The Balaban J connectivity index is 1.65. The molecule has 0 spiro atoms. The van der Waals surface area contributed by atoms with Gasteiger partial charge in [-0.3, -0.25) is 0 Å². The summed E-state index contributed by atoms with van der Waals surface area (Å²) >= 11 is 6.43. The molecule has 0 amide bonds. The van der Waals surface area contributed by atoms with Crippen molar-refractivity contribution >= 4 is 59.8 Å². The minimum atomic E-state index is -0.907. The second kappa shape index (κ2) is 7.03. The molecule has 130 valence electrons. The number of carbonyl (C=O) groups is 1. The third-order valence-electron chi connectivity index (χ3n) is 4.03. The molecular weight excluding hydrogens is 424 g/mol. The van der Waals surface area contributed by atoms with Crippen LogP contribution in [-0.4, -0.2) is 42.4 Å². The van der Waals surface area contributed by atoms with Crippen molar-refractivity contribution in [1.82, 2.24) is 4.98 Å². The summed E-state index contributed by atoms with van der Waals surface area (Å²) in [5.74, 6) is -0.907. The number of thiophene rings is 1. The molecule has 1 aliphatic heterocycles. The monoisotopic (exact) mass is 438 g/mol. The minimum Gasteiger partial charge on any atom is -0.477 e. The Bertz CT molecular complexity index is 931. The van der Waals surface area contributed by atoms with Crippen molar-refractivity contribution in [3.8, 4) is 0 Å². The molecule has 1 N–H and O–H groups in total. The van der Waals surface area contributed by atoms with Gasteiger partial charge in [0.15, 0.2) is 5.13 Å². The van der Waals surface area contributed by atoms with Gasteiger partial charge in [-0.25, -0.2) is 9.78 Å². The molecule has 1 aromatic carbocycles. The van der Waals surface area contributed by atoms with E-state index in [0.29, 0.717) is 30.2 Å². The lowest BCUT2D eigenvalue weighted by atomic mass is 10.2. The van der Waals surface area contributed by atoms with Crippen LogP contribution in [0.25, 0.3) is 10.1 Å². The van der Waals surface area contributed by atoms with Crippen LogP contribution < -0.4 is 4.90 Å². The number of fused-ring (bicyclic) bond motifs is 1. The highest BCUT2D eigenvalue weighted by molar-refractivity contribution is 9.10. The summed E-state index contributed by atoms with van der Waals surface area (Å²) in [6.45, 7) is 2.82. The number of morpholine rings is 1. The number of hydrogen-bond acceptors (Lipinski definition) is 6. The highest BCUT2D eigenvalue weighted by atomic mass is 79.9.